The zero-order chi connectivity index (χ0) is 17.0. The lowest BCUT2D eigenvalue weighted by molar-refractivity contribution is -0.139. The second kappa shape index (κ2) is 6.50. The number of carbonyl (C=O) groups is 2. The number of alkyl halides is 3. The molecule has 0 spiro atoms. The first kappa shape index (κ1) is 16.5. The summed E-state index contributed by atoms with van der Waals surface area (Å²) in [5, 5.41) is 11.7. The zero-order valence-electron chi connectivity index (χ0n) is 11.8. The molecule has 0 aliphatic carbocycles. The second-order valence-electron chi connectivity index (χ2n) is 4.34. The number of aromatic nitrogens is 3. The van der Waals surface area contributed by atoms with Gasteiger partial charge in [0.15, 0.2) is 11.5 Å². The summed E-state index contributed by atoms with van der Waals surface area (Å²) in [6.45, 7) is -0.503. The van der Waals surface area contributed by atoms with E-state index in [1.165, 1.54) is 19.4 Å². The number of carbonyl (C=O) groups excluding carboxylic acids is 2. The van der Waals surface area contributed by atoms with Crippen molar-refractivity contribution in [1.29, 1.82) is 0 Å². The van der Waals surface area contributed by atoms with Crippen molar-refractivity contribution in [3.63, 3.8) is 0 Å². The monoisotopic (exact) mass is 331 g/mol. The van der Waals surface area contributed by atoms with Crippen molar-refractivity contribution in [3.05, 3.63) is 29.7 Å². The largest absolute Gasteiger partial charge is 0.468 e. The van der Waals surface area contributed by atoms with E-state index in [0.29, 0.717) is 0 Å². The highest BCUT2D eigenvalue weighted by Crippen LogP contribution is 2.31. The standard InChI is InChI=1S/C12H12F3N5O3/c1-23-9(21)6-17-11(22)16-5-8-18-19-10-7(12(13,14)15)3-2-4-20(8)10/h2-4H,5-6H2,1H3,(H2,16,17,22). The van der Waals surface area contributed by atoms with Gasteiger partial charge in [-0.15, -0.1) is 10.2 Å². The van der Waals surface area contributed by atoms with Crippen molar-refractivity contribution < 1.29 is 27.5 Å². The normalized spacial score (nSPS) is 11.3. The third-order valence-corrected chi connectivity index (χ3v) is 2.84. The van der Waals surface area contributed by atoms with E-state index in [1.807, 2.05) is 0 Å². The second-order valence-corrected chi connectivity index (χ2v) is 4.34. The van der Waals surface area contributed by atoms with Crippen molar-refractivity contribution >= 4 is 17.6 Å². The van der Waals surface area contributed by atoms with Gasteiger partial charge < -0.3 is 15.4 Å². The first-order valence-electron chi connectivity index (χ1n) is 6.31. The average Bonchev–Trinajstić information content (AvgIpc) is 2.92. The summed E-state index contributed by atoms with van der Waals surface area (Å²) in [6, 6.07) is 1.41. The highest BCUT2D eigenvalue weighted by molar-refractivity contribution is 5.80. The zero-order valence-corrected chi connectivity index (χ0v) is 11.8. The third-order valence-electron chi connectivity index (χ3n) is 2.84. The van der Waals surface area contributed by atoms with Gasteiger partial charge in [0.25, 0.3) is 0 Å². The van der Waals surface area contributed by atoms with Crippen molar-refractivity contribution in [2.24, 2.45) is 0 Å². The number of amides is 2. The minimum Gasteiger partial charge on any atom is -0.468 e. The molecule has 0 bridgehead atoms. The molecule has 0 saturated heterocycles. The van der Waals surface area contributed by atoms with E-state index < -0.39 is 23.7 Å². The molecule has 2 amide bonds. The van der Waals surface area contributed by atoms with Gasteiger partial charge >= 0.3 is 18.2 Å². The van der Waals surface area contributed by atoms with Crippen LogP contribution in [0.2, 0.25) is 0 Å². The van der Waals surface area contributed by atoms with Crippen molar-refractivity contribution in [2.45, 2.75) is 12.7 Å². The average molecular weight is 331 g/mol. The smallest absolute Gasteiger partial charge is 0.420 e. The molecule has 0 fully saturated rings. The molecule has 0 radical (unpaired) electrons. The number of nitrogens with zero attached hydrogens (tertiary/aromatic N) is 3. The van der Waals surface area contributed by atoms with Crippen LogP contribution >= 0.6 is 0 Å². The number of urea groups is 1. The van der Waals surface area contributed by atoms with Gasteiger partial charge in [-0.3, -0.25) is 9.20 Å². The number of methoxy groups -OCH3 is 1. The Morgan fingerprint density at radius 1 is 1.30 bits per heavy atom. The van der Waals surface area contributed by atoms with Crippen molar-refractivity contribution in [1.82, 2.24) is 25.2 Å². The Hall–Kier alpha value is -2.85. The van der Waals surface area contributed by atoms with Crippen LogP contribution in [-0.4, -0.2) is 40.3 Å². The first-order valence-corrected chi connectivity index (χ1v) is 6.31. The fourth-order valence-corrected chi connectivity index (χ4v) is 1.75. The van der Waals surface area contributed by atoms with Crippen LogP contribution < -0.4 is 10.6 Å². The Morgan fingerprint density at radius 3 is 2.70 bits per heavy atom. The van der Waals surface area contributed by atoms with E-state index in [1.54, 1.807) is 0 Å². The number of esters is 1. The van der Waals surface area contributed by atoms with E-state index in [9.17, 15) is 22.8 Å². The Kier molecular flexibility index (Phi) is 4.67. The fraction of sp³-hybridized carbons (Fsp3) is 0.333. The van der Waals surface area contributed by atoms with Crippen LogP contribution in [0.25, 0.3) is 5.65 Å². The molecule has 11 heteroatoms. The summed E-state index contributed by atoms with van der Waals surface area (Å²) in [6.07, 6.45) is -3.20. The maximum absolute atomic E-state index is 12.8. The Balaban J connectivity index is 2.07. The highest BCUT2D eigenvalue weighted by atomic mass is 19.4. The van der Waals surface area contributed by atoms with Crippen LogP contribution in [0.3, 0.4) is 0 Å². The molecule has 2 heterocycles. The number of ether oxygens (including phenoxy) is 1. The molecule has 2 aromatic rings. The van der Waals surface area contributed by atoms with Crippen LogP contribution in [0.1, 0.15) is 11.4 Å². The number of halogens is 3. The molecule has 0 unspecified atom stereocenters. The predicted molar refractivity (Wildman–Crippen MR) is 70.2 cm³/mol. The summed E-state index contributed by atoms with van der Waals surface area (Å²) in [5.41, 5.74) is -1.28. The maximum atomic E-state index is 12.8. The molecule has 0 saturated carbocycles. The summed E-state index contributed by atoms with van der Waals surface area (Å²) in [7, 11) is 1.17. The van der Waals surface area contributed by atoms with E-state index in [-0.39, 0.29) is 24.6 Å². The quantitative estimate of drug-likeness (QED) is 0.805. The third kappa shape index (κ3) is 3.87. The molecular weight excluding hydrogens is 319 g/mol. The molecule has 0 aliphatic rings. The van der Waals surface area contributed by atoms with Crippen LogP contribution in [0.15, 0.2) is 18.3 Å². The van der Waals surface area contributed by atoms with Gasteiger partial charge in [-0.1, -0.05) is 0 Å². The SMILES string of the molecule is COC(=O)CNC(=O)NCc1nnc2c(C(F)(F)F)cccn12. The van der Waals surface area contributed by atoms with E-state index >= 15 is 0 Å². The molecule has 124 valence electrons. The lowest BCUT2D eigenvalue weighted by Crippen LogP contribution is -2.38. The molecule has 0 aromatic carbocycles. The van der Waals surface area contributed by atoms with Gasteiger partial charge in [0, 0.05) is 6.20 Å². The van der Waals surface area contributed by atoms with Gasteiger partial charge in [-0.05, 0) is 12.1 Å². The number of fused-ring (bicyclic) bond motifs is 1. The Bertz CT molecular complexity index is 728. The molecule has 2 N–H and O–H groups in total. The summed E-state index contributed by atoms with van der Waals surface area (Å²) in [5.74, 6) is -0.526. The van der Waals surface area contributed by atoms with Crippen LogP contribution in [0, 0.1) is 0 Å². The lowest BCUT2D eigenvalue weighted by atomic mass is 10.2. The fourth-order valence-electron chi connectivity index (χ4n) is 1.75. The van der Waals surface area contributed by atoms with E-state index in [2.05, 4.69) is 25.6 Å². The van der Waals surface area contributed by atoms with Gasteiger partial charge in [-0.25, -0.2) is 4.79 Å². The van der Waals surface area contributed by atoms with Crippen LogP contribution in [0.4, 0.5) is 18.0 Å². The number of hydrogen-bond acceptors (Lipinski definition) is 5. The summed E-state index contributed by atoms with van der Waals surface area (Å²) < 4.78 is 44.0. The van der Waals surface area contributed by atoms with E-state index in [4.69, 9.17) is 0 Å². The summed E-state index contributed by atoms with van der Waals surface area (Å²) >= 11 is 0. The maximum Gasteiger partial charge on any atom is 0.420 e. The number of nitrogens with one attached hydrogen (secondary N) is 2. The predicted octanol–water partition coefficient (Wildman–Crippen LogP) is 0.720. The Labute approximate surface area is 127 Å². The number of rotatable bonds is 4. The van der Waals surface area contributed by atoms with Crippen molar-refractivity contribution in [2.75, 3.05) is 13.7 Å². The summed E-state index contributed by atoms with van der Waals surface area (Å²) in [4.78, 5) is 22.3. The van der Waals surface area contributed by atoms with Gasteiger partial charge in [-0.2, -0.15) is 13.2 Å². The Morgan fingerprint density at radius 2 is 2.04 bits per heavy atom. The van der Waals surface area contributed by atoms with Gasteiger partial charge in [0.05, 0.1) is 13.7 Å². The molecule has 0 atom stereocenters. The van der Waals surface area contributed by atoms with E-state index in [0.717, 1.165) is 10.5 Å². The van der Waals surface area contributed by atoms with Gasteiger partial charge in [0.2, 0.25) is 0 Å². The molecule has 2 aromatic heterocycles. The molecule has 23 heavy (non-hydrogen) atoms. The highest BCUT2D eigenvalue weighted by Gasteiger charge is 2.34. The van der Waals surface area contributed by atoms with Crippen LogP contribution in [0.5, 0.6) is 0 Å². The van der Waals surface area contributed by atoms with Crippen LogP contribution in [-0.2, 0) is 22.3 Å². The molecular formula is C12H12F3N5O3. The minimum absolute atomic E-state index is 0.110. The first-order chi connectivity index (χ1) is 10.8. The number of hydrogen-bond donors (Lipinski definition) is 2. The molecule has 2 rings (SSSR count). The molecule has 8 nitrogen and oxygen atoms in total. The number of pyridine rings is 1. The minimum atomic E-state index is -4.56. The van der Waals surface area contributed by atoms with Crippen molar-refractivity contribution in [3.8, 4) is 0 Å². The topological polar surface area (TPSA) is 97.6 Å². The molecule has 0 aliphatic heterocycles. The van der Waals surface area contributed by atoms with Gasteiger partial charge in [0.1, 0.15) is 12.1 Å². The lowest BCUT2D eigenvalue weighted by Gasteiger charge is -2.08.